The molecule has 5 nitrogen and oxygen atoms in total. The van der Waals surface area contributed by atoms with E-state index in [0.717, 1.165) is 4.88 Å². The lowest BCUT2D eigenvalue weighted by Gasteiger charge is -2.22. The van der Waals surface area contributed by atoms with Crippen molar-refractivity contribution in [2.75, 3.05) is 7.05 Å². The first-order chi connectivity index (χ1) is 11.5. The normalized spacial score (nSPS) is 12.2. The number of aromatic nitrogens is 3. The van der Waals surface area contributed by atoms with E-state index in [9.17, 15) is 9.18 Å². The van der Waals surface area contributed by atoms with Crippen LogP contribution in [-0.2, 0) is 0 Å². The molecule has 0 spiro atoms. The number of benzene rings is 1. The molecule has 0 unspecified atom stereocenters. The van der Waals surface area contributed by atoms with Gasteiger partial charge in [-0.05, 0) is 49.6 Å². The third kappa shape index (κ3) is 3.07. The number of hydrogen-bond acceptors (Lipinski definition) is 4. The molecule has 3 rings (SSSR count). The fraction of sp³-hybridized carbons (Fsp3) is 0.235. The molecule has 124 valence electrons. The minimum Gasteiger partial charge on any atom is -0.331 e. The zero-order valence-electron chi connectivity index (χ0n) is 13.6. The molecule has 2 heterocycles. The third-order valence-corrected chi connectivity index (χ3v) is 4.93. The van der Waals surface area contributed by atoms with Crippen LogP contribution in [0.3, 0.4) is 0 Å². The van der Waals surface area contributed by atoms with Crippen molar-refractivity contribution in [1.29, 1.82) is 0 Å². The summed E-state index contributed by atoms with van der Waals surface area (Å²) in [6.45, 7) is 3.73. The van der Waals surface area contributed by atoms with Crippen molar-refractivity contribution in [3.05, 3.63) is 64.1 Å². The van der Waals surface area contributed by atoms with Crippen LogP contribution < -0.4 is 0 Å². The van der Waals surface area contributed by atoms with Gasteiger partial charge in [-0.3, -0.25) is 4.79 Å². The van der Waals surface area contributed by atoms with Crippen molar-refractivity contribution in [1.82, 2.24) is 19.7 Å². The van der Waals surface area contributed by atoms with E-state index >= 15 is 0 Å². The number of hydrogen-bond donors (Lipinski definition) is 0. The Morgan fingerprint density at radius 1 is 1.29 bits per heavy atom. The highest BCUT2D eigenvalue weighted by Gasteiger charge is 2.24. The minimum atomic E-state index is -0.322. The minimum absolute atomic E-state index is 0.0597. The van der Waals surface area contributed by atoms with Gasteiger partial charge < -0.3 is 4.90 Å². The second kappa shape index (κ2) is 6.52. The molecule has 1 atom stereocenters. The van der Waals surface area contributed by atoms with E-state index in [1.54, 1.807) is 42.3 Å². The number of amides is 1. The van der Waals surface area contributed by atoms with Crippen LogP contribution >= 0.6 is 11.3 Å². The fourth-order valence-electron chi connectivity index (χ4n) is 2.36. The average molecular weight is 344 g/mol. The molecule has 0 N–H and O–H groups in total. The van der Waals surface area contributed by atoms with Crippen molar-refractivity contribution in [3.8, 4) is 5.69 Å². The van der Waals surface area contributed by atoms with Crippen molar-refractivity contribution in [2.24, 2.45) is 0 Å². The molecule has 7 heteroatoms. The van der Waals surface area contributed by atoms with E-state index in [0.29, 0.717) is 11.5 Å². The lowest BCUT2D eigenvalue weighted by molar-refractivity contribution is 0.0732. The summed E-state index contributed by atoms with van der Waals surface area (Å²) in [5.74, 6) is 0.127. The van der Waals surface area contributed by atoms with Crippen LogP contribution in [0.5, 0.6) is 0 Å². The number of carbonyl (C=O) groups excluding carboxylic acids is 1. The van der Waals surface area contributed by atoms with E-state index in [-0.39, 0.29) is 23.6 Å². The molecule has 0 aliphatic rings. The summed E-state index contributed by atoms with van der Waals surface area (Å²) in [6, 6.07) is 9.80. The highest BCUT2D eigenvalue weighted by atomic mass is 32.1. The zero-order valence-corrected chi connectivity index (χ0v) is 14.4. The van der Waals surface area contributed by atoms with Crippen LogP contribution in [0.2, 0.25) is 0 Å². The van der Waals surface area contributed by atoms with Crippen LogP contribution in [0.4, 0.5) is 4.39 Å². The summed E-state index contributed by atoms with van der Waals surface area (Å²) in [4.78, 5) is 19.6. The van der Waals surface area contributed by atoms with Gasteiger partial charge >= 0.3 is 0 Å². The van der Waals surface area contributed by atoms with Gasteiger partial charge in [-0.2, -0.15) is 0 Å². The van der Waals surface area contributed by atoms with Crippen LogP contribution in [0.1, 0.15) is 34.3 Å². The Morgan fingerprint density at radius 2 is 2.00 bits per heavy atom. The monoisotopic (exact) mass is 344 g/mol. The van der Waals surface area contributed by atoms with E-state index in [2.05, 4.69) is 10.1 Å². The van der Waals surface area contributed by atoms with E-state index in [4.69, 9.17) is 0 Å². The average Bonchev–Trinajstić information content (AvgIpc) is 3.23. The summed E-state index contributed by atoms with van der Waals surface area (Å²) in [6.07, 6.45) is 0. The molecule has 0 radical (unpaired) electrons. The second-order valence-electron chi connectivity index (χ2n) is 5.48. The molecule has 1 aromatic carbocycles. The highest BCUT2D eigenvalue weighted by Crippen LogP contribution is 2.24. The summed E-state index contributed by atoms with van der Waals surface area (Å²) in [7, 11) is 1.74. The molecule has 1 amide bonds. The largest absolute Gasteiger partial charge is 0.331 e. The number of halogens is 1. The Balaban J connectivity index is 1.86. The van der Waals surface area contributed by atoms with Gasteiger partial charge in [0.15, 0.2) is 0 Å². The van der Waals surface area contributed by atoms with Crippen LogP contribution in [0, 0.1) is 12.7 Å². The second-order valence-corrected chi connectivity index (χ2v) is 6.46. The fourth-order valence-corrected chi connectivity index (χ4v) is 3.19. The molecular weight excluding hydrogens is 327 g/mol. The first kappa shape index (κ1) is 16.3. The van der Waals surface area contributed by atoms with Gasteiger partial charge in [0.2, 0.25) is 5.82 Å². The lowest BCUT2D eigenvalue weighted by Crippen LogP contribution is -2.30. The predicted octanol–water partition coefficient (Wildman–Crippen LogP) is 3.61. The molecule has 0 saturated heterocycles. The topological polar surface area (TPSA) is 51.0 Å². The van der Waals surface area contributed by atoms with E-state index < -0.39 is 0 Å². The van der Waals surface area contributed by atoms with Crippen molar-refractivity contribution >= 4 is 17.2 Å². The first-order valence-electron chi connectivity index (χ1n) is 7.47. The molecule has 0 bridgehead atoms. The quantitative estimate of drug-likeness (QED) is 0.726. The number of rotatable bonds is 4. The maximum atomic E-state index is 13.1. The van der Waals surface area contributed by atoms with Gasteiger partial charge in [0.05, 0.1) is 11.7 Å². The van der Waals surface area contributed by atoms with Gasteiger partial charge in [-0.1, -0.05) is 6.07 Å². The lowest BCUT2D eigenvalue weighted by atomic mass is 10.2. The molecule has 0 saturated carbocycles. The van der Waals surface area contributed by atoms with E-state index in [1.165, 1.54) is 16.8 Å². The Morgan fingerprint density at radius 3 is 2.62 bits per heavy atom. The van der Waals surface area contributed by atoms with Crippen molar-refractivity contribution in [3.63, 3.8) is 0 Å². The maximum absolute atomic E-state index is 13.1. The molecule has 0 aliphatic heterocycles. The predicted molar refractivity (Wildman–Crippen MR) is 90.9 cm³/mol. The van der Waals surface area contributed by atoms with Gasteiger partial charge in [0.1, 0.15) is 11.6 Å². The molecule has 2 aromatic heterocycles. The van der Waals surface area contributed by atoms with Crippen LogP contribution in [-0.4, -0.2) is 32.6 Å². The van der Waals surface area contributed by atoms with Gasteiger partial charge in [-0.25, -0.2) is 14.1 Å². The highest BCUT2D eigenvalue weighted by molar-refractivity contribution is 7.10. The molecular formula is C17H17FN4OS. The van der Waals surface area contributed by atoms with Crippen molar-refractivity contribution in [2.45, 2.75) is 19.9 Å². The third-order valence-electron chi connectivity index (χ3n) is 3.89. The molecule has 0 aliphatic carbocycles. The molecule has 0 fully saturated rings. The molecule has 3 aromatic rings. The number of carbonyl (C=O) groups is 1. The Hall–Kier alpha value is -2.54. The summed E-state index contributed by atoms with van der Waals surface area (Å²) in [5, 5.41) is 6.27. The standard InChI is InChI=1S/C17H17FN4OS/c1-11(15-5-4-10-24-15)21(3)17(23)16-19-12(2)22(20-16)14-8-6-13(18)7-9-14/h4-11H,1-3H3/t11-/m0/s1. The van der Waals surface area contributed by atoms with E-state index in [1.807, 2.05) is 24.4 Å². The Labute approximate surface area is 143 Å². The SMILES string of the molecule is Cc1nc(C(=O)N(C)[C@@H](C)c2cccs2)nn1-c1ccc(F)cc1. The van der Waals surface area contributed by atoms with Gasteiger partial charge in [0.25, 0.3) is 5.91 Å². The molecule has 24 heavy (non-hydrogen) atoms. The van der Waals surface area contributed by atoms with Crippen LogP contribution in [0.15, 0.2) is 41.8 Å². The number of thiophene rings is 1. The number of aryl methyl sites for hydroxylation is 1. The first-order valence-corrected chi connectivity index (χ1v) is 8.35. The summed E-state index contributed by atoms with van der Waals surface area (Å²) < 4.78 is 14.6. The maximum Gasteiger partial charge on any atom is 0.293 e. The van der Waals surface area contributed by atoms with Gasteiger partial charge in [0, 0.05) is 11.9 Å². The summed E-state index contributed by atoms with van der Waals surface area (Å²) in [5.41, 5.74) is 0.661. The van der Waals surface area contributed by atoms with Crippen LogP contribution in [0.25, 0.3) is 5.69 Å². The summed E-state index contributed by atoms with van der Waals surface area (Å²) >= 11 is 1.60. The smallest absolute Gasteiger partial charge is 0.293 e. The van der Waals surface area contributed by atoms with Gasteiger partial charge in [-0.15, -0.1) is 16.4 Å². The van der Waals surface area contributed by atoms with Crippen molar-refractivity contribution < 1.29 is 9.18 Å². The Kier molecular flexibility index (Phi) is 4.44. The zero-order chi connectivity index (χ0) is 17.3. The Bertz CT molecular complexity index is 842. The number of nitrogens with zero attached hydrogens (tertiary/aromatic N) is 4.